The Bertz CT molecular complexity index is 254. The number of hydrogen-bond donors (Lipinski definition) is 1. The Morgan fingerprint density at radius 1 is 1.33 bits per heavy atom. The van der Waals surface area contributed by atoms with E-state index in [1.54, 1.807) is 0 Å². The molecule has 0 unspecified atom stereocenters. The van der Waals surface area contributed by atoms with Crippen LogP contribution in [0.4, 0.5) is 0 Å². The van der Waals surface area contributed by atoms with Crippen molar-refractivity contribution in [2.45, 2.75) is 58.0 Å². The largest absolute Gasteiger partial charge is 0.390 e. The average molecular weight is 208 g/mol. The molecule has 1 nitrogen and oxygen atoms in total. The van der Waals surface area contributed by atoms with E-state index in [-0.39, 0.29) is 0 Å². The van der Waals surface area contributed by atoms with Gasteiger partial charge in [-0.1, -0.05) is 18.6 Å². The van der Waals surface area contributed by atoms with Crippen molar-refractivity contribution >= 4 is 0 Å². The quantitative estimate of drug-likeness (QED) is 0.654. The van der Waals surface area contributed by atoms with Gasteiger partial charge in [0.2, 0.25) is 0 Å². The molecule has 1 N–H and O–H groups in total. The van der Waals surface area contributed by atoms with Gasteiger partial charge in [0.1, 0.15) is 0 Å². The Morgan fingerprint density at radius 3 is 2.73 bits per heavy atom. The van der Waals surface area contributed by atoms with Gasteiger partial charge >= 0.3 is 0 Å². The van der Waals surface area contributed by atoms with Gasteiger partial charge in [-0.25, -0.2) is 0 Å². The highest BCUT2D eigenvalue weighted by Gasteiger charge is 2.43. The Labute approximate surface area is 93.6 Å². The molecule has 0 aromatic carbocycles. The number of hydrogen-bond acceptors (Lipinski definition) is 1. The van der Waals surface area contributed by atoms with Crippen molar-refractivity contribution in [3.8, 4) is 0 Å². The lowest BCUT2D eigenvalue weighted by Crippen LogP contribution is -2.45. The average Bonchev–Trinajstić information content (AvgIpc) is 2.17. The Kier molecular flexibility index (Phi) is 2.94. The van der Waals surface area contributed by atoms with Crippen molar-refractivity contribution in [3.05, 3.63) is 12.2 Å². The van der Waals surface area contributed by atoms with Gasteiger partial charge in [0.25, 0.3) is 0 Å². The van der Waals surface area contributed by atoms with Crippen LogP contribution in [0.25, 0.3) is 0 Å². The number of rotatable bonds is 1. The van der Waals surface area contributed by atoms with Crippen LogP contribution in [-0.4, -0.2) is 10.7 Å². The van der Waals surface area contributed by atoms with Crippen LogP contribution in [0.5, 0.6) is 0 Å². The van der Waals surface area contributed by atoms with E-state index in [1.165, 1.54) is 37.7 Å². The minimum atomic E-state index is -0.406. The van der Waals surface area contributed by atoms with E-state index in [0.29, 0.717) is 11.8 Å². The lowest BCUT2D eigenvalue weighted by molar-refractivity contribution is -0.0805. The molecule has 0 aromatic heterocycles. The summed E-state index contributed by atoms with van der Waals surface area (Å²) in [4.78, 5) is 0. The summed E-state index contributed by atoms with van der Waals surface area (Å²) in [6.45, 7) is 8.27. The molecule has 86 valence electrons. The lowest BCUT2D eigenvalue weighted by Gasteiger charge is -2.47. The van der Waals surface area contributed by atoms with Gasteiger partial charge in [-0.15, -0.1) is 0 Å². The minimum Gasteiger partial charge on any atom is -0.390 e. The fourth-order valence-electron chi connectivity index (χ4n) is 3.70. The normalized spacial score (nSPS) is 45.9. The third-order valence-corrected chi connectivity index (χ3v) is 4.75. The molecule has 0 radical (unpaired) electrons. The summed E-state index contributed by atoms with van der Waals surface area (Å²) in [5.41, 5.74) is 0.909. The van der Waals surface area contributed by atoms with Crippen LogP contribution >= 0.6 is 0 Å². The summed E-state index contributed by atoms with van der Waals surface area (Å²) in [6, 6.07) is 0. The Hall–Kier alpha value is -0.300. The van der Waals surface area contributed by atoms with Gasteiger partial charge in [0.05, 0.1) is 5.60 Å². The molecule has 2 aliphatic rings. The van der Waals surface area contributed by atoms with Crippen LogP contribution < -0.4 is 0 Å². The third kappa shape index (κ3) is 2.13. The number of fused-ring (bicyclic) bond motifs is 1. The first-order chi connectivity index (χ1) is 7.00. The van der Waals surface area contributed by atoms with E-state index in [2.05, 4.69) is 13.5 Å². The van der Waals surface area contributed by atoms with Crippen molar-refractivity contribution in [2.24, 2.45) is 17.8 Å². The van der Waals surface area contributed by atoms with Gasteiger partial charge in [-0.2, -0.15) is 0 Å². The molecule has 0 aromatic rings. The van der Waals surface area contributed by atoms with Gasteiger partial charge in [-0.3, -0.25) is 0 Å². The second kappa shape index (κ2) is 3.93. The molecule has 2 rings (SSSR count). The van der Waals surface area contributed by atoms with Crippen molar-refractivity contribution in [1.29, 1.82) is 0 Å². The lowest BCUT2D eigenvalue weighted by atomic mass is 9.60. The molecule has 4 atom stereocenters. The highest BCUT2D eigenvalue weighted by molar-refractivity contribution is 5.03. The topological polar surface area (TPSA) is 20.2 Å². The molecular weight excluding hydrogens is 184 g/mol. The first kappa shape index (κ1) is 11.2. The number of allylic oxidation sites excluding steroid dienone is 1. The SMILES string of the molecule is C=C(C)[C@@H]1CC[C@@H]2CCC[C@](C)(O)[C@@H]2C1. The maximum absolute atomic E-state index is 10.4. The van der Waals surface area contributed by atoms with Crippen molar-refractivity contribution in [1.82, 2.24) is 0 Å². The van der Waals surface area contributed by atoms with E-state index in [4.69, 9.17) is 0 Å². The van der Waals surface area contributed by atoms with Crippen LogP contribution in [0.1, 0.15) is 52.4 Å². The first-order valence-corrected chi connectivity index (χ1v) is 6.38. The monoisotopic (exact) mass is 208 g/mol. The van der Waals surface area contributed by atoms with Crippen LogP contribution in [0, 0.1) is 17.8 Å². The molecule has 15 heavy (non-hydrogen) atoms. The van der Waals surface area contributed by atoms with Crippen molar-refractivity contribution in [2.75, 3.05) is 0 Å². The fourth-order valence-corrected chi connectivity index (χ4v) is 3.70. The van der Waals surface area contributed by atoms with Gasteiger partial charge in [0, 0.05) is 0 Å². The predicted octanol–water partition coefficient (Wildman–Crippen LogP) is 3.53. The smallest absolute Gasteiger partial charge is 0.0650 e. The van der Waals surface area contributed by atoms with Crippen LogP contribution in [-0.2, 0) is 0 Å². The second-order valence-electron chi connectivity index (χ2n) is 5.97. The zero-order valence-corrected chi connectivity index (χ0v) is 10.1. The molecular formula is C14H24O. The zero-order valence-electron chi connectivity index (χ0n) is 10.1. The third-order valence-electron chi connectivity index (χ3n) is 4.75. The molecule has 0 heterocycles. The molecule has 0 saturated heterocycles. The minimum absolute atomic E-state index is 0.406. The molecule has 0 bridgehead atoms. The van der Waals surface area contributed by atoms with E-state index < -0.39 is 5.60 Å². The molecule has 1 heteroatoms. The van der Waals surface area contributed by atoms with E-state index >= 15 is 0 Å². The summed E-state index contributed by atoms with van der Waals surface area (Å²) >= 11 is 0. The second-order valence-corrected chi connectivity index (χ2v) is 5.97. The van der Waals surface area contributed by atoms with Gasteiger partial charge in [0.15, 0.2) is 0 Å². The van der Waals surface area contributed by atoms with Crippen molar-refractivity contribution in [3.63, 3.8) is 0 Å². The summed E-state index contributed by atoms with van der Waals surface area (Å²) in [6.07, 6.45) is 7.32. The molecule has 2 fully saturated rings. The Balaban J connectivity index is 2.10. The predicted molar refractivity (Wildman–Crippen MR) is 63.6 cm³/mol. The molecule has 2 saturated carbocycles. The molecule has 0 spiro atoms. The summed E-state index contributed by atoms with van der Waals surface area (Å²) in [7, 11) is 0. The maximum Gasteiger partial charge on any atom is 0.0650 e. The first-order valence-electron chi connectivity index (χ1n) is 6.38. The van der Waals surface area contributed by atoms with E-state index in [1.807, 2.05) is 6.92 Å². The maximum atomic E-state index is 10.4. The van der Waals surface area contributed by atoms with Crippen LogP contribution in [0.15, 0.2) is 12.2 Å². The summed E-state index contributed by atoms with van der Waals surface area (Å²) < 4.78 is 0. The van der Waals surface area contributed by atoms with Crippen LogP contribution in [0.2, 0.25) is 0 Å². The Morgan fingerprint density at radius 2 is 2.07 bits per heavy atom. The standard InChI is InChI=1S/C14H24O/c1-10(2)12-7-6-11-5-4-8-14(3,15)13(11)9-12/h11-13,15H,1,4-9H2,2-3H3/t11-,12+,13+,14-/m0/s1. The fraction of sp³-hybridized carbons (Fsp3) is 0.857. The molecule has 2 aliphatic carbocycles. The van der Waals surface area contributed by atoms with Gasteiger partial charge < -0.3 is 5.11 Å². The highest BCUT2D eigenvalue weighted by Crippen LogP contribution is 2.48. The zero-order chi connectivity index (χ0) is 11.1. The van der Waals surface area contributed by atoms with Crippen molar-refractivity contribution < 1.29 is 5.11 Å². The van der Waals surface area contributed by atoms with E-state index in [9.17, 15) is 5.11 Å². The number of aliphatic hydroxyl groups is 1. The van der Waals surface area contributed by atoms with E-state index in [0.717, 1.165) is 12.3 Å². The molecule has 0 amide bonds. The summed E-state index contributed by atoms with van der Waals surface area (Å²) in [5.74, 6) is 1.97. The van der Waals surface area contributed by atoms with Gasteiger partial charge in [-0.05, 0) is 63.7 Å². The van der Waals surface area contributed by atoms with Crippen LogP contribution in [0.3, 0.4) is 0 Å². The highest BCUT2D eigenvalue weighted by atomic mass is 16.3. The molecule has 0 aliphatic heterocycles. The summed E-state index contributed by atoms with van der Waals surface area (Å²) in [5, 5.41) is 10.4.